The number of nitrogens with one attached hydrogen (secondary N) is 1. The van der Waals surface area contributed by atoms with Gasteiger partial charge in [0.15, 0.2) is 5.43 Å². The number of ether oxygens (including phenoxy) is 1. The van der Waals surface area contributed by atoms with Crippen LogP contribution in [0, 0.1) is 6.92 Å². The molecule has 4 rings (SSSR count). The van der Waals surface area contributed by atoms with Crippen molar-refractivity contribution < 1.29 is 9.53 Å². The second-order valence-electron chi connectivity index (χ2n) is 7.55. The van der Waals surface area contributed by atoms with Gasteiger partial charge in [0.2, 0.25) is 0 Å². The van der Waals surface area contributed by atoms with Crippen LogP contribution in [-0.2, 0) is 11.2 Å². The van der Waals surface area contributed by atoms with E-state index < -0.39 is 0 Å². The smallest absolute Gasteiger partial charge is 0.257 e. The molecule has 1 atom stereocenters. The highest BCUT2D eigenvalue weighted by Gasteiger charge is 2.29. The first-order valence-electron chi connectivity index (χ1n) is 10.6. The van der Waals surface area contributed by atoms with E-state index in [1.54, 1.807) is 29.2 Å². The molecule has 3 aromatic rings. The summed E-state index contributed by atoms with van der Waals surface area (Å²) in [4.78, 5) is 28.4. The fraction of sp³-hybridized carbons (Fsp3) is 0.333. The summed E-state index contributed by atoms with van der Waals surface area (Å²) in [7, 11) is 0. The Morgan fingerprint density at radius 3 is 2.91 bits per heavy atom. The largest absolute Gasteiger partial charge is 0.382 e. The van der Waals surface area contributed by atoms with Crippen LogP contribution in [0.3, 0.4) is 0 Å². The van der Waals surface area contributed by atoms with E-state index in [0.29, 0.717) is 37.6 Å². The van der Waals surface area contributed by atoms with Crippen LogP contribution in [-0.4, -0.2) is 30.2 Å². The second-order valence-corrected chi connectivity index (χ2v) is 10.2. The zero-order valence-corrected chi connectivity index (χ0v) is 20.4. The number of halogens is 1. The number of rotatable bonds is 7. The molecule has 0 spiro atoms. The molecule has 0 bridgehead atoms. The summed E-state index contributed by atoms with van der Waals surface area (Å²) < 4.78 is 7.39. The highest BCUT2D eigenvalue weighted by atomic mass is 35.5. The van der Waals surface area contributed by atoms with Crippen LogP contribution >= 0.6 is 34.7 Å². The average Bonchev–Trinajstić information content (AvgIpc) is 3.23. The van der Waals surface area contributed by atoms with Crippen molar-refractivity contribution in [1.82, 2.24) is 9.88 Å². The topological polar surface area (TPSA) is 60.3 Å². The van der Waals surface area contributed by atoms with Gasteiger partial charge in [-0.2, -0.15) is 0 Å². The SMILES string of the molecule is CCOCCCNC(=O)c1c2n(c(C)cc1=O)-c1ccc(Cl)cc1SC(c1cccs1)C2. The second kappa shape index (κ2) is 10.3. The molecule has 0 saturated heterocycles. The van der Waals surface area contributed by atoms with Crippen molar-refractivity contribution in [3.05, 3.63) is 78.9 Å². The third-order valence-electron chi connectivity index (χ3n) is 5.35. The van der Waals surface area contributed by atoms with Gasteiger partial charge in [-0.3, -0.25) is 9.59 Å². The number of aromatic nitrogens is 1. The van der Waals surface area contributed by atoms with E-state index in [4.69, 9.17) is 16.3 Å². The monoisotopic (exact) mass is 488 g/mol. The third kappa shape index (κ3) is 4.81. The van der Waals surface area contributed by atoms with Crippen molar-refractivity contribution in [2.24, 2.45) is 0 Å². The molecule has 1 aliphatic rings. The van der Waals surface area contributed by atoms with E-state index in [1.807, 2.05) is 42.7 Å². The van der Waals surface area contributed by atoms with Gasteiger partial charge in [-0.25, -0.2) is 0 Å². The molecule has 168 valence electrons. The molecule has 1 amide bonds. The fourth-order valence-electron chi connectivity index (χ4n) is 3.94. The van der Waals surface area contributed by atoms with Crippen LogP contribution in [0.25, 0.3) is 5.69 Å². The van der Waals surface area contributed by atoms with Gasteiger partial charge in [0.05, 0.1) is 5.69 Å². The molecule has 3 heterocycles. The van der Waals surface area contributed by atoms with Crippen LogP contribution < -0.4 is 10.7 Å². The Morgan fingerprint density at radius 2 is 2.16 bits per heavy atom. The maximum Gasteiger partial charge on any atom is 0.257 e. The van der Waals surface area contributed by atoms with Crippen LogP contribution in [0.4, 0.5) is 0 Å². The minimum Gasteiger partial charge on any atom is -0.382 e. The van der Waals surface area contributed by atoms with E-state index in [-0.39, 0.29) is 22.1 Å². The van der Waals surface area contributed by atoms with Crippen molar-refractivity contribution in [1.29, 1.82) is 0 Å². The Balaban J connectivity index is 1.80. The van der Waals surface area contributed by atoms with Gasteiger partial charge >= 0.3 is 0 Å². The number of nitrogens with zero attached hydrogens (tertiary/aromatic N) is 1. The number of aryl methyl sites for hydroxylation is 1. The Kier molecular flexibility index (Phi) is 7.40. The predicted molar refractivity (Wildman–Crippen MR) is 132 cm³/mol. The minimum absolute atomic E-state index is 0.0756. The Labute approximate surface area is 200 Å². The van der Waals surface area contributed by atoms with Gasteiger partial charge in [0.25, 0.3) is 5.91 Å². The number of benzene rings is 1. The van der Waals surface area contributed by atoms with E-state index in [1.165, 1.54) is 4.88 Å². The van der Waals surface area contributed by atoms with E-state index in [0.717, 1.165) is 22.0 Å². The quantitative estimate of drug-likeness (QED) is 0.452. The van der Waals surface area contributed by atoms with Crippen molar-refractivity contribution in [2.45, 2.75) is 36.8 Å². The lowest BCUT2D eigenvalue weighted by molar-refractivity contribution is 0.0941. The number of hydrogen-bond donors (Lipinski definition) is 1. The first-order valence-corrected chi connectivity index (χ1v) is 12.7. The van der Waals surface area contributed by atoms with Crippen molar-refractivity contribution in [3.63, 3.8) is 0 Å². The van der Waals surface area contributed by atoms with Gasteiger partial charge < -0.3 is 14.6 Å². The summed E-state index contributed by atoms with van der Waals surface area (Å²) in [5.41, 5.74) is 2.45. The zero-order chi connectivity index (χ0) is 22.7. The van der Waals surface area contributed by atoms with Crippen LogP contribution in [0.5, 0.6) is 0 Å². The summed E-state index contributed by atoms with van der Waals surface area (Å²) >= 11 is 9.73. The molecule has 0 saturated carbocycles. The van der Waals surface area contributed by atoms with Crippen molar-refractivity contribution in [2.75, 3.05) is 19.8 Å². The summed E-state index contributed by atoms with van der Waals surface area (Å²) in [5, 5.41) is 5.70. The molecule has 1 unspecified atom stereocenters. The fourth-order valence-corrected chi connectivity index (χ4v) is 6.42. The van der Waals surface area contributed by atoms with Gasteiger partial charge in [-0.1, -0.05) is 17.7 Å². The van der Waals surface area contributed by atoms with Gasteiger partial charge in [0, 0.05) is 63.7 Å². The van der Waals surface area contributed by atoms with E-state index >= 15 is 0 Å². The lowest BCUT2D eigenvalue weighted by Crippen LogP contribution is -2.33. The van der Waals surface area contributed by atoms with Crippen molar-refractivity contribution in [3.8, 4) is 5.69 Å². The number of thiophene rings is 1. The van der Waals surface area contributed by atoms with Gasteiger partial charge in [-0.05, 0) is 49.9 Å². The molecule has 0 aliphatic carbocycles. The van der Waals surface area contributed by atoms with Crippen molar-refractivity contribution >= 4 is 40.6 Å². The van der Waals surface area contributed by atoms with Crippen LogP contribution in [0.15, 0.2) is 51.5 Å². The first kappa shape index (κ1) is 23.1. The summed E-state index contributed by atoms with van der Waals surface area (Å²) in [6, 6.07) is 11.5. The van der Waals surface area contributed by atoms with E-state index in [2.05, 4.69) is 16.8 Å². The highest BCUT2D eigenvalue weighted by Crippen LogP contribution is 2.46. The lowest BCUT2D eigenvalue weighted by Gasteiger charge is -2.20. The first-order chi connectivity index (χ1) is 15.5. The zero-order valence-electron chi connectivity index (χ0n) is 18.0. The lowest BCUT2D eigenvalue weighted by atomic mass is 10.0. The van der Waals surface area contributed by atoms with Crippen LogP contribution in [0.2, 0.25) is 5.02 Å². The number of carbonyl (C=O) groups is 1. The molecule has 0 fully saturated rings. The third-order valence-corrected chi connectivity index (χ3v) is 8.01. The molecule has 1 N–H and O–H groups in total. The number of fused-ring (bicyclic) bond motifs is 3. The molecule has 8 heteroatoms. The molecular weight excluding hydrogens is 464 g/mol. The van der Waals surface area contributed by atoms with E-state index in [9.17, 15) is 9.59 Å². The maximum atomic E-state index is 13.2. The summed E-state index contributed by atoms with van der Waals surface area (Å²) in [6.07, 6.45) is 1.26. The minimum atomic E-state index is -0.331. The number of amides is 1. The predicted octanol–water partition coefficient (Wildman–Crippen LogP) is 5.41. The number of pyridine rings is 1. The van der Waals surface area contributed by atoms with Gasteiger partial charge in [-0.15, -0.1) is 23.1 Å². The Hall–Kier alpha value is -2.06. The normalized spacial score (nSPS) is 15.0. The summed E-state index contributed by atoms with van der Waals surface area (Å²) in [5.74, 6) is -0.331. The standard InChI is InChI=1S/C24H25ClN2O3S2/c1-3-30-10-5-9-26-24(29)23-18-14-22(20-6-4-11-31-20)32-21-13-16(25)7-8-17(21)27(18)15(2)12-19(23)28/h4,6-8,11-13,22H,3,5,9-10,14H2,1-2H3,(H,26,29). The number of hydrogen-bond acceptors (Lipinski definition) is 5. The molecule has 2 aromatic heterocycles. The molecule has 0 radical (unpaired) electrons. The molecule has 32 heavy (non-hydrogen) atoms. The Morgan fingerprint density at radius 1 is 1.31 bits per heavy atom. The molecular formula is C24H25ClN2O3S2. The maximum absolute atomic E-state index is 13.2. The van der Waals surface area contributed by atoms with Gasteiger partial charge in [0.1, 0.15) is 5.56 Å². The van der Waals surface area contributed by atoms with Crippen LogP contribution in [0.1, 0.15) is 45.2 Å². The number of thioether (sulfide) groups is 1. The summed E-state index contributed by atoms with van der Waals surface area (Å²) in [6.45, 7) is 5.52. The molecule has 5 nitrogen and oxygen atoms in total. The molecule has 1 aliphatic heterocycles. The number of carbonyl (C=O) groups excluding carboxylic acids is 1. The average molecular weight is 489 g/mol. The highest BCUT2D eigenvalue weighted by molar-refractivity contribution is 7.99. The Bertz CT molecular complexity index is 1170. The molecule has 1 aromatic carbocycles.